The minimum Gasteiger partial charge on any atom is -0.274 e. The van der Waals surface area contributed by atoms with Crippen molar-refractivity contribution in [2.24, 2.45) is 11.8 Å². The van der Waals surface area contributed by atoms with Gasteiger partial charge in [-0.15, -0.1) is 0 Å². The summed E-state index contributed by atoms with van der Waals surface area (Å²) in [4.78, 5) is 27.9. The van der Waals surface area contributed by atoms with Gasteiger partial charge in [-0.2, -0.15) is 0 Å². The first-order chi connectivity index (χ1) is 13.2. The molecule has 2 atom stereocenters. The highest BCUT2D eigenvalue weighted by molar-refractivity contribution is 6.37. The Kier molecular flexibility index (Phi) is 3.49. The maximum Gasteiger partial charge on any atom is 0.239 e. The number of piperidine rings is 1. The van der Waals surface area contributed by atoms with Crippen molar-refractivity contribution in [3.63, 3.8) is 0 Å². The quantitative estimate of drug-likeness (QED) is 0.636. The summed E-state index contributed by atoms with van der Waals surface area (Å²) in [6, 6.07) is 26.7. The highest BCUT2D eigenvalue weighted by Crippen LogP contribution is 2.68. The van der Waals surface area contributed by atoms with Crippen LogP contribution >= 0.6 is 11.6 Å². The zero-order valence-corrected chi connectivity index (χ0v) is 15.1. The number of para-hydroxylation sites is 1. The van der Waals surface area contributed by atoms with Crippen LogP contribution < -0.4 is 4.90 Å². The second-order valence-corrected chi connectivity index (χ2v) is 7.43. The summed E-state index contributed by atoms with van der Waals surface area (Å²) in [5.74, 6) is -1.14. The SMILES string of the molecule is O=C1C2C(C(=O)N1c1ccccc1Cl)C2(c1ccccc1)c1ccccc1. The lowest BCUT2D eigenvalue weighted by Gasteiger charge is -2.27. The third-order valence-corrected chi connectivity index (χ3v) is 6.09. The number of rotatable bonds is 3. The van der Waals surface area contributed by atoms with Crippen LogP contribution in [-0.4, -0.2) is 11.8 Å². The largest absolute Gasteiger partial charge is 0.274 e. The van der Waals surface area contributed by atoms with E-state index in [1.807, 2.05) is 60.7 Å². The lowest BCUT2D eigenvalue weighted by Crippen LogP contribution is -2.39. The van der Waals surface area contributed by atoms with Gasteiger partial charge in [-0.05, 0) is 23.3 Å². The number of anilines is 1. The van der Waals surface area contributed by atoms with Gasteiger partial charge in [0.25, 0.3) is 0 Å². The van der Waals surface area contributed by atoms with E-state index >= 15 is 0 Å². The number of halogens is 1. The molecule has 0 N–H and O–H groups in total. The second-order valence-electron chi connectivity index (χ2n) is 7.02. The number of hydrogen-bond acceptors (Lipinski definition) is 2. The number of carbonyl (C=O) groups excluding carboxylic acids is 2. The molecule has 2 amide bonds. The van der Waals surface area contributed by atoms with Crippen molar-refractivity contribution in [3.8, 4) is 0 Å². The van der Waals surface area contributed by atoms with Crippen LogP contribution in [0.4, 0.5) is 5.69 Å². The van der Waals surface area contributed by atoms with E-state index in [2.05, 4.69) is 0 Å². The van der Waals surface area contributed by atoms with Crippen molar-refractivity contribution in [2.75, 3.05) is 4.90 Å². The highest BCUT2D eigenvalue weighted by Gasteiger charge is 2.78. The molecule has 0 radical (unpaired) electrons. The van der Waals surface area contributed by atoms with Gasteiger partial charge in [0, 0.05) is 5.41 Å². The second kappa shape index (κ2) is 5.80. The number of benzene rings is 3. The van der Waals surface area contributed by atoms with Crippen LogP contribution in [0.25, 0.3) is 0 Å². The molecule has 1 saturated heterocycles. The maximum atomic E-state index is 13.3. The van der Waals surface area contributed by atoms with Gasteiger partial charge in [0.2, 0.25) is 11.8 Å². The van der Waals surface area contributed by atoms with Crippen molar-refractivity contribution >= 4 is 29.1 Å². The first kappa shape index (κ1) is 16.3. The molecule has 132 valence electrons. The number of nitrogens with zero attached hydrogens (tertiary/aromatic N) is 1. The fraction of sp³-hybridized carbons (Fsp3) is 0.130. The van der Waals surface area contributed by atoms with E-state index in [-0.39, 0.29) is 11.8 Å². The monoisotopic (exact) mass is 373 g/mol. The Morgan fingerprint density at radius 2 is 1.11 bits per heavy atom. The predicted octanol–water partition coefficient (Wildman–Crippen LogP) is 4.45. The molecule has 3 nitrogen and oxygen atoms in total. The number of imide groups is 1. The Bertz CT molecular complexity index is 985. The van der Waals surface area contributed by atoms with E-state index < -0.39 is 17.3 Å². The predicted molar refractivity (Wildman–Crippen MR) is 105 cm³/mol. The van der Waals surface area contributed by atoms with Crippen molar-refractivity contribution < 1.29 is 9.59 Å². The van der Waals surface area contributed by atoms with Gasteiger partial charge in [-0.3, -0.25) is 9.59 Å². The smallest absolute Gasteiger partial charge is 0.239 e. The summed E-state index contributed by atoms with van der Waals surface area (Å²) < 4.78 is 0. The van der Waals surface area contributed by atoms with Gasteiger partial charge in [-0.1, -0.05) is 84.4 Å². The lowest BCUT2D eigenvalue weighted by molar-refractivity contribution is -0.124. The van der Waals surface area contributed by atoms with Gasteiger partial charge in [0.05, 0.1) is 22.5 Å². The molecule has 1 aliphatic carbocycles. The van der Waals surface area contributed by atoms with Crippen LogP contribution in [0, 0.1) is 11.8 Å². The fourth-order valence-electron chi connectivity index (χ4n) is 4.63. The Morgan fingerprint density at radius 3 is 1.59 bits per heavy atom. The summed E-state index contributed by atoms with van der Waals surface area (Å²) in [6.45, 7) is 0. The van der Waals surface area contributed by atoms with Gasteiger partial charge < -0.3 is 0 Å². The van der Waals surface area contributed by atoms with E-state index in [0.717, 1.165) is 11.1 Å². The van der Waals surface area contributed by atoms with Crippen molar-refractivity contribution in [3.05, 3.63) is 101 Å². The molecule has 0 spiro atoms. The molecule has 1 heterocycles. The minimum atomic E-state index is -0.589. The van der Waals surface area contributed by atoms with Crippen LogP contribution in [0.15, 0.2) is 84.9 Å². The lowest BCUT2D eigenvalue weighted by atomic mass is 9.83. The normalized spacial score (nSPS) is 22.6. The van der Waals surface area contributed by atoms with E-state index in [1.165, 1.54) is 4.90 Å². The molecule has 27 heavy (non-hydrogen) atoms. The Morgan fingerprint density at radius 1 is 0.667 bits per heavy atom. The van der Waals surface area contributed by atoms with Crippen LogP contribution in [-0.2, 0) is 15.0 Å². The standard InChI is InChI=1S/C23H16ClNO2/c24-17-13-7-8-14-18(17)25-21(26)19-20(22(25)27)23(19,15-9-3-1-4-10-15)16-11-5-2-6-12-16/h1-14,19-20H. The van der Waals surface area contributed by atoms with E-state index in [4.69, 9.17) is 11.6 Å². The highest BCUT2D eigenvalue weighted by atomic mass is 35.5. The fourth-order valence-corrected chi connectivity index (χ4v) is 4.85. The molecule has 0 bridgehead atoms. The van der Waals surface area contributed by atoms with Crippen LogP contribution in [0.5, 0.6) is 0 Å². The molecular weight excluding hydrogens is 358 g/mol. The van der Waals surface area contributed by atoms with Crippen LogP contribution in [0.1, 0.15) is 11.1 Å². The molecule has 4 heteroatoms. The molecule has 2 unspecified atom stereocenters. The van der Waals surface area contributed by atoms with Gasteiger partial charge in [0.1, 0.15) is 0 Å². The van der Waals surface area contributed by atoms with E-state index in [0.29, 0.717) is 10.7 Å². The molecule has 1 aliphatic heterocycles. The Balaban J connectivity index is 1.64. The molecule has 1 saturated carbocycles. The molecule has 5 rings (SSSR count). The zero-order chi connectivity index (χ0) is 18.6. The number of hydrogen-bond donors (Lipinski definition) is 0. The first-order valence-electron chi connectivity index (χ1n) is 8.90. The minimum absolute atomic E-state index is 0.175. The number of carbonyl (C=O) groups is 2. The van der Waals surface area contributed by atoms with Gasteiger partial charge in [-0.25, -0.2) is 4.90 Å². The molecule has 2 fully saturated rings. The molecule has 2 aliphatic rings. The summed E-state index contributed by atoms with van der Waals surface area (Å²) >= 11 is 6.26. The van der Waals surface area contributed by atoms with Gasteiger partial charge in [0.15, 0.2) is 0 Å². The molecule has 3 aromatic carbocycles. The van der Waals surface area contributed by atoms with E-state index in [9.17, 15) is 9.59 Å². The Labute approximate surface area is 162 Å². The van der Waals surface area contributed by atoms with Crippen molar-refractivity contribution in [1.29, 1.82) is 0 Å². The molecule has 3 aromatic rings. The molecule has 0 aromatic heterocycles. The van der Waals surface area contributed by atoms with Crippen LogP contribution in [0.2, 0.25) is 5.02 Å². The maximum absolute atomic E-state index is 13.3. The summed E-state index contributed by atoms with van der Waals surface area (Å²) in [5, 5.41) is 0.408. The topological polar surface area (TPSA) is 37.4 Å². The number of amides is 2. The summed E-state index contributed by atoms with van der Waals surface area (Å²) in [5.41, 5.74) is 1.89. The van der Waals surface area contributed by atoms with Crippen molar-refractivity contribution in [2.45, 2.75) is 5.41 Å². The Hall–Kier alpha value is -2.91. The average Bonchev–Trinajstić information content (AvgIpc) is 3.35. The summed E-state index contributed by atoms with van der Waals surface area (Å²) in [7, 11) is 0. The molecular formula is C23H16ClNO2. The van der Waals surface area contributed by atoms with Crippen molar-refractivity contribution in [1.82, 2.24) is 0 Å². The third kappa shape index (κ3) is 2.09. The van der Waals surface area contributed by atoms with E-state index in [1.54, 1.807) is 24.3 Å². The van der Waals surface area contributed by atoms with Crippen LogP contribution in [0.3, 0.4) is 0 Å². The summed E-state index contributed by atoms with van der Waals surface area (Å²) in [6.07, 6.45) is 0. The van der Waals surface area contributed by atoms with Gasteiger partial charge >= 0.3 is 0 Å². The zero-order valence-electron chi connectivity index (χ0n) is 14.4. The third-order valence-electron chi connectivity index (χ3n) is 5.77. The average molecular weight is 374 g/mol. The number of fused-ring (bicyclic) bond motifs is 1. The first-order valence-corrected chi connectivity index (χ1v) is 9.28.